The van der Waals surface area contributed by atoms with Crippen LogP contribution in [0.5, 0.6) is 5.75 Å². The highest BCUT2D eigenvalue weighted by Gasteiger charge is 2.13. The number of hydrogen-bond acceptors (Lipinski definition) is 3. The summed E-state index contributed by atoms with van der Waals surface area (Å²) in [6.45, 7) is 0.432. The predicted molar refractivity (Wildman–Crippen MR) is 80.9 cm³/mol. The summed E-state index contributed by atoms with van der Waals surface area (Å²) in [5.41, 5.74) is 3.82. The van der Waals surface area contributed by atoms with Gasteiger partial charge >= 0.3 is 0 Å². The standard InChI is InChI=1S/C16H14ClNO3/c17-15-9-14(6-7-16(15)18(19)20)21-10-11-4-5-12-2-1-3-13(12)8-11/h4-9H,1-3,10H2. The van der Waals surface area contributed by atoms with Gasteiger partial charge in [0, 0.05) is 12.1 Å². The van der Waals surface area contributed by atoms with Gasteiger partial charge in [0.15, 0.2) is 0 Å². The fraction of sp³-hybridized carbons (Fsp3) is 0.250. The van der Waals surface area contributed by atoms with Gasteiger partial charge in [-0.25, -0.2) is 0 Å². The zero-order valence-corrected chi connectivity index (χ0v) is 12.1. The normalized spacial score (nSPS) is 13.0. The molecule has 0 saturated carbocycles. The Morgan fingerprint density at radius 2 is 1.95 bits per heavy atom. The van der Waals surface area contributed by atoms with Gasteiger partial charge in [-0.15, -0.1) is 0 Å². The molecule has 0 radical (unpaired) electrons. The second kappa shape index (κ2) is 5.74. The molecule has 0 aliphatic heterocycles. The summed E-state index contributed by atoms with van der Waals surface area (Å²) in [7, 11) is 0. The van der Waals surface area contributed by atoms with Crippen molar-refractivity contribution in [2.45, 2.75) is 25.9 Å². The van der Waals surface area contributed by atoms with Gasteiger partial charge < -0.3 is 4.74 Å². The first-order valence-corrected chi connectivity index (χ1v) is 7.19. The first-order valence-electron chi connectivity index (χ1n) is 6.81. The molecule has 0 saturated heterocycles. The molecule has 21 heavy (non-hydrogen) atoms. The molecule has 4 nitrogen and oxygen atoms in total. The van der Waals surface area contributed by atoms with Crippen LogP contribution in [0.25, 0.3) is 0 Å². The number of aryl methyl sites for hydroxylation is 2. The maximum atomic E-state index is 10.7. The Balaban J connectivity index is 1.70. The molecule has 0 unspecified atom stereocenters. The first kappa shape index (κ1) is 13.9. The van der Waals surface area contributed by atoms with E-state index in [0.29, 0.717) is 12.4 Å². The summed E-state index contributed by atoms with van der Waals surface area (Å²) in [4.78, 5) is 10.2. The van der Waals surface area contributed by atoms with E-state index >= 15 is 0 Å². The summed E-state index contributed by atoms with van der Waals surface area (Å²) in [6, 6.07) is 10.8. The molecule has 1 aliphatic carbocycles. The number of ether oxygens (including phenoxy) is 1. The van der Waals surface area contributed by atoms with Crippen molar-refractivity contribution in [3.05, 3.63) is 68.2 Å². The van der Waals surface area contributed by atoms with Gasteiger partial charge in [0.1, 0.15) is 17.4 Å². The Kier molecular flexibility index (Phi) is 3.80. The Labute approximate surface area is 127 Å². The number of halogens is 1. The smallest absolute Gasteiger partial charge is 0.288 e. The molecule has 0 aromatic heterocycles. The highest BCUT2D eigenvalue weighted by Crippen LogP contribution is 2.29. The molecule has 5 heteroatoms. The van der Waals surface area contributed by atoms with Crippen molar-refractivity contribution in [3.63, 3.8) is 0 Å². The lowest BCUT2D eigenvalue weighted by molar-refractivity contribution is -0.384. The molecule has 0 amide bonds. The van der Waals surface area contributed by atoms with Crippen LogP contribution in [0, 0.1) is 10.1 Å². The van der Waals surface area contributed by atoms with Crippen LogP contribution in [-0.2, 0) is 19.4 Å². The van der Waals surface area contributed by atoms with Crippen molar-refractivity contribution in [1.29, 1.82) is 0 Å². The zero-order valence-electron chi connectivity index (χ0n) is 11.3. The maximum absolute atomic E-state index is 10.7. The molecule has 0 N–H and O–H groups in total. The maximum Gasteiger partial charge on any atom is 0.288 e. The number of nitro groups is 1. The van der Waals surface area contributed by atoms with E-state index in [1.54, 1.807) is 6.07 Å². The monoisotopic (exact) mass is 303 g/mol. The predicted octanol–water partition coefficient (Wildman–Crippen LogP) is 4.32. The van der Waals surface area contributed by atoms with E-state index in [1.807, 2.05) is 0 Å². The lowest BCUT2D eigenvalue weighted by atomic mass is 10.1. The first-order chi connectivity index (χ1) is 10.1. The highest BCUT2D eigenvalue weighted by molar-refractivity contribution is 6.32. The lowest BCUT2D eigenvalue weighted by Crippen LogP contribution is -1.97. The molecule has 0 fully saturated rings. The van der Waals surface area contributed by atoms with Gasteiger partial charge in [-0.2, -0.15) is 0 Å². The summed E-state index contributed by atoms with van der Waals surface area (Å²) in [5, 5.41) is 10.8. The summed E-state index contributed by atoms with van der Waals surface area (Å²) >= 11 is 5.86. The van der Waals surface area contributed by atoms with E-state index in [4.69, 9.17) is 16.3 Å². The van der Waals surface area contributed by atoms with Crippen molar-refractivity contribution in [2.24, 2.45) is 0 Å². The summed E-state index contributed by atoms with van der Waals surface area (Å²) in [5.74, 6) is 0.533. The molecule has 3 rings (SSSR count). The number of nitro benzene ring substituents is 1. The molecule has 2 aromatic carbocycles. The fourth-order valence-electron chi connectivity index (χ4n) is 2.61. The topological polar surface area (TPSA) is 52.4 Å². The molecule has 0 atom stereocenters. The van der Waals surface area contributed by atoms with E-state index in [1.165, 1.54) is 29.7 Å². The highest BCUT2D eigenvalue weighted by atomic mass is 35.5. The zero-order chi connectivity index (χ0) is 14.8. The van der Waals surface area contributed by atoms with Gasteiger partial charge in [0.2, 0.25) is 0 Å². The minimum absolute atomic E-state index is 0.0893. The minimum atomic E-state index is -0.507. The largest absolute Gasteiger partial charge is 0.489 e. The van der Waals surface area contributed by atoms with Crippen LogP contribution in [0.3, 0.4) is 0 Å². The Bertz CT molecular complexity index is 700. The fourth-order valence-corrected chi connectivity index (χ4v) is 2.85. The van der Waals surface area contributed by atoms with Crippen molar-refractivity contribution in [2.75, 3.05) is 0 Å². The SMILES string of the molecule is O=[N+]([O-])c1ccc(OCc2ccc3c(c2)CCC3)cc1Cl. The third-order valence-electron chi connectivity index (χ3n) is 3.68. The average molecular weight is 304 g/mol. The molecule has 0 spiro atoms. The third kappa shape index (κ3) is 3.00. The number of rotatable bonds is 4. The average Bonchev–Trinajstić information content (AvgIpc) is 2.92. The quantitative estimate of drug-likeness (QED) is 0.624. The van der Waals surface area contributed by atoms with Crippen LogP contribution in [0.2, 0.25) is 5.02 Å². The van der Waals surface area contributed by atoms with Crippen LogP contribution in [0.1, 0.15) is 23.1 Å². The summed E-state index contributed by atoms with van der Waals surface area (Å²) < 4.78 is 5.66. The van der Waals surface area contributed by atoms with Gasteiger partial charge in [0.25, 0.3) is 5.69 Å². The molecule has 2 aromatic rings. The summed E-state index contributed by atoms with van der Waals surface area (Å²) in [6.07, 6.45) is 3.51. The van der Waals surface area contributed by atoms with Gasteiger partial charge in [0.05, 0.1) is 4.92 Å². The minimum Gasteiger partial charge on any atom is -0.489 e. The van der Waals surface area contributed by atoms with E-state index in [9.17, 15) is 10.1 Å². The van der Waals surface area contributed by atoms with Crippen LogP contribution < -0.4 is 4.74 Å². The number of hydrogen-bond donors (Lipinski definition) is 0. The number of benzene rings is 2. The molecule has 108 valence electrons. The van der Waals surface area contributed by atoms with Gasteiger partial charge in [-0.05, 0) is 42.0 Å². The van der Waals surface area contributed by atoms with Gasteiger partial charge in [-0.3, -0.25) is 10.1 Å². The van der Waals surface area contributed by atoms with Crippen molar-refractivity contribution in [3.8, 4) is 5.75 Å². The van der Waals surface area contributed by atoms with Crippen molar-refractivity contribution in [1.82, 2.24) is 0 Å². The van der Waals surface area contributed by atoms with Crippen LogP contribution in [-0.4, -0.2) is 4.92 Å². The Hall–Kier alpha value is -2.07. The second-order valence-corrected chi connectivity index (χ2v) is 5.52. The third-order valence-corrected chi connectivity index (χ3v) is 3.99. The Morgan fingerprint density at radius 1 is 1.14 bits per heavy atom. The molecule has 0 bridgehead atoms. The van der Waals surface area contributed by atoms with E-state index in [2.05, 4.69) is 18.2 Å². The van der Waals surface area contributed by atoms with Gasteiger partial charge in [-0.1, -0.05) is 29.8 Å². The second-order valence-electron chi connectivity index (χ2n) is 5.12. The van der Waals surface area contributed by atoms with Crippen molar-refractivity contribution < 1.29 is 9.66 Å². The molecule has 1 aliphatic rings. The van der Waals surface area contributed by atoms with Crippen LogP contribution in [0.4, 0.5) is 5.69 Å². The molecule has 0 heterocycles. The van der Waals surface area contributed by atoms with E-state index < -0.39 is 4.92 Å². The van der Waals surface area contributed by atoms with Crippen LogP contribution >= 0.6 is 11.6 Å². The van der Waals surface area contributed by atoms with E-state index in [-0.39, 0.29) is 10.7 Å². The molecular weight excluding hydrogens is 290 g/mol. The van der Waals surface area contributed by atoms with E-state index in [0.717, 1.165) is 18.4 Å². The van der Waals surface area contributed by atoms with Crippen LogP contribution in [0.15, 0.2) is 36.4 Å². The molecular formula is C16H14ClNO3. The van der Waals surface area contributed by atoms with Crippen molar-refractivity contribution >= 4 is 17.3 Å². The number of fused-ring (bicyclic) bond motifs is 1. The lowest BCUT2D eigenvalue weighted by Gasteiger charge is -2.08. The number of nitrogens with zero attached hydrogens (tertiary/aromatic N) is 1. The Morgan fingerprint density at radius 3 is 2.71 bits per heavy atom.